The van der Waals surface area contributed by atoms with Crippen LogP contribution in [0.2, 0.25) is 0 Å². The Morgan fingerprint density at radius 3 is 2.56 bits per heavy atom. The Bertz CT molecular complexity index is 1230. The second-order valence-corrected chi connectivity index (χ2v) is 11.2. The zero-order chi connectivity index (χ0) is 22.7. The summed E-state index contributed by atoms with van der Waals surface area (Å²) in [4.78, 5) is 15.5. The molecule has 1 saturated heterocycles. The molecule has 1 aliphatic carbocycles. The van der Waals surface area contributed by atoms with Crippen LogP contribution in [0.3, 0.4) is 0 Å². The minimum Gasteiger partial charge on any atom is -0.507 e. The lowest BCUT2D eigenvalue weighted by molar-refractivity contribution is 0.126. The van der Waals surface area contributed by atoms with Gasteiger partial charge in [-0.25, -0.2) is 4.79 Å². The standard InChI is InChI=1S/C28H33NO3/c1-18-21-10-11-24(30)23(15-29-17-28(4)14-20(29)13-27(2,3)16-28)25(21)32-26(31)22(18)12-19-8-6-5-7-9-19/h5-11,20,30H,12-17H2,1-4H3/t20-,28-/m0/s1. The van der Waals surface area contributed by atoms with Crippen molar-refractivity contribution < 1.29 is 9.52 Å². The van der Waals surface area contributed by atoms with Crippen molar-refractivity contribution in [1.82, 2.24) is 4.90 Å². The number of fused-ring (bicyclic) bond motifs is 3. The monoisotopic (exact) mass is 431 g/mol. The van der Waals surface area contributed by atoms with Crippen molar-refractivity contribution in [3.05, 3.63) is 75.1 Å². The van der Waals surface area contributed by atoms with Gasteiger partial charge < -0.3 is 9.52 Å². The van der Waals surface area contributed by atoms with Crippen LogP contribution >= 0.6 is 0 Å². The summed E-state index contributed by atoms with van der Waals surface area (Å²) < 4.78 is 5.90. The smallest absolute Gasteiger partial charge is 0.340 e. The second-order valence-electron chi connectivity index (χ2n) is 11.2. The molecule has 168 valence electrons. The molecule has 1 N–H and O–H groups in total. The largest absolute Gasteiger partial charge is 0.507 e. The van der Waals surface area contributed by atoms with Gasteiger partial charge in [0.2, 0.25) is 0 Å². The molecule has 2 aromatic carbocycles. The van der Waals surface area contributed by atoms with E-state index in [1.807, 2.05) is 43.3 Å². The van der Waals surface area contributed by atoms with Crippen molar-refractivity contribution in [2.45, 2.75) is 66.0 Å². The quantitative estimate of drug-likeness (QED) is 0.531. The van der Waals surface area contributed by atoms with E-state index >= 15 is 0 Å². The third-order valence-corrected chi connectivity index (χ3v) is 7.64. The molecule has 0 unspecified atom stereocenters. The van der Waals surface area contributed by atoms with Gasteiger partial charge in [0.25, 0.3) is 0 Å². The van der Waals surface area contributed by atoms with Gasteiger partial charge in [-0.1, -0.05) is 51.1 Å². The average molecular weight is 432 g/mol. The van der Waals surface area contributed by atoms with Gasteiger partial charge in [0, 0.05) is 36.5 Å². The van der Waals surface area contributed by atoms with Crippen molar-refractivity contribution in [3.8, 4) is 5.75 Å². The Labute approximate surface area is 189 Å². The van der Waals surface area contributed by atoms with Gasteiger partial charge in [-0.2, -0.15) is 0 Å². The fourth-order valence-corrected chi connectivity index (χ4v) is 6.62. The van der Waals surface area contributed by atoms with E-state index in [2.05, 4.69) is 25.7 Å². The molecule has 32 heavy (non-hydrogen) atoms. The second kappa shape index (κ2) is 7.48. The molecule has 2 atom stereocenters. The maximum absolute atomic E-state index is 13.0. The van der Waals surface area contributed by atoms with E-state index < -0.39 is 0 Å². The molecule has 2 fully saturated rings. The number of hydrogen-bond acceptors (Lipinski definition) is 4. The summed E-state index contributed by atoms with van der Waals surface area (Å²) in [6.07, 6.45) is 4.14. The molecule has 3 aromatic rings. The third-order valence-electron chi connectivity index (χ3n) is 7.64. The van der Waals surface area contributed by atoms with Crippen molar-refractivity contribution in [3.63, 3.8) is 0 Å². The van der Waals surface area contributed by atoms with Gasteiger partial charge in [0.15, 0.2) is 0 Å². The lowest BCUT2D eigenvalue weighted by atomic mass is 9.65. The molecule has 0 radical (unpaired) electrons. The number of rotatable bonds is 4. The van der Waals surface area contributed by atoms with Gasteiger partial charge >= 0.3 is 5.63 Å². The molecule has 2 aliphatic rings. The molecule has 1 saturated carbocycles. The average Bonchev–Trinajstić information content (AvgIpc) is 2.96. The summed E-state index contributed by atoms with van der Waals surface area (Å²) in [5.74, 6) is 0.210. The summed E-state index contributed by atoms with van der Waals surface area (Å²) in [6.45, 7) is 10.8. The van der Waals surface area contributed by atoms with Crippen LogP contribution in [0, 0.1) is 17.8 Å². The number of aryl methyl sites for hydroxylation is 1. The predicted octanol–water partition coefficient (Wildman–Crippen LogP) is 5.80. The molecule has 2 bridgehead atoms. The highest BCUT2D eigenvalue weighted by molar-refractivity contribution is 5.85. The number of benzene rings is 2. The van der Waals surface area contributed by atoms with Crippen molar-refractivity contribution in [2.24, 2.45) is 10.8 Å². The molecule has 1 aliphatic heterocycles. The summed E-state index contributed by atoms with van der Waals surface area (Å²) in [5.41, 5.74) is 4.33. The Balaban J connectivity index is 1.53. The summed E-state index contributed by atoms with van der Waals surface area (Å²) in [7, 11) is 0. The van der Waals surface area contributed by atoms with Crippen LogP contribution in [0.5, 0.6) is 5.75 Å². The number of hydrogen-bond donors (Lipinski definition) is 1. The van der Waals surface area contributed by atoms with Crippen LogP contribution in [0.4, 0.5) is 0 Å². The normalized spacial score (nSPS) is 24.8. The lowest BCUT2D eigenvalue weighted by Crippen LogP contribution is -2.34. The maximum atomic E-state index is 13.0. The number of nitrogens with zero attached hydrogens (tertiary/aromatic N) is 1. The Morgan fingerprint density at radius 2 is 1.81 bits per heavy atom. The van der Waals surface area contributed by atoms with Gasteiger partial charge in [0.1, 0.15) is 11.3 Å². The van der Waals surface area contributed by atoms with Crippen LogP contribution < -0.4 is 5.63 Å². The van der Waals surface area contributed by atoms with Crippen molar-refractivity contribution >= 4 is 11.0 Å². The van der Waals surface area contributed by atoms with E-state index in [1.54, 1.807) is 6.07 Å². The van der Waals surface area contributed by atoms with Gasteiger partial charge in [-0.15, -0.1) is 0 Å². The fourth-order valence-electron chi connectivity index (χ4n) is 6.62. The molecule has 5 rings (SSSR count). The lowest BCUT2D eigenvalue weighted by Gasteiger charge is -2.40. The summed E-state index contributed by atoms with van der Waals surface area (Å²) >= 11 is 0. The Kier molecular flexibility index (Phi) is 4.97. The highest BCUT2D eigenvalue weighted by Crippen LogP contribution is 2.53. The molecular formula is C28H33NO3. The SMILES string of the molecule is Cc1c(Cc2ccccc2)c(=O)oc2c(CN3C[C@@]4(C)C[C@@H]3CC(C)(C)C4)c(O)ccc12. The zero-order valence-electron chi connectivity index (χ0n) is 19.6. The molecule has 0 amide bonds. The first-order chi connectivity index (χ1) is 15.1. The summed E-state index contributed by atoms with van der Waals surface area (Å²) in [5, 5.41) is 11.7. The van der Waals surface area contributed by atoms with E-state index in [9.17, 15) is 9.90 Å². The molecule has 1 aromatic heterocycles. The molecule has 0 spiro atoms. The van der Waals surface area contributed by atoms with Crippen LogP contribution in [-0.2, 0) is 13.0 Å². The number of phenolic OH excluding ortho intramolecular Hbond substituents is 1. The first-order valence-corrected chi connectivity index (χ1v) is 11.7. The topological polar surface area (TPSA) is 53.7 Å². The molecule has 4 nitrogen and oxygen atoms in total. The van der Waals surface area contributed by atoms with Crippen molar-refractivity contribution in [1.29, 1.82) is 0 Å². The van der Waals surface area contributed by atoms with E-state index in [4.69, 9.17) is 4.42 Å². The Hall–Kier alpha value is -2.59. The summed E-state index contributed by atoms with van der Waals surface area (Å²) in [6, 6.07) is 14.1. The van der Waals surface area contributed by atoms with E-state index in [1.165, 1.54) is 12.8 Å². The number of aromatic hydroxyl groups is 1. The first-order valence-electron chi connectivity index (χ1n) is 11.7. The fraction of sp³-hybridized carbons (Fsp3) is 0.464. The van der Waals surface area contributed by atoms with Crippen LogP contribution in [0.25, 0.3) is 11.0 Å². The van der Waals surface area contributed by atoms with Gasteiger partial charge in [0.05, 0.1) is 5.56 Å². The maximum Gasteiger partial charge on any atom is 0.340 e. The van der Waals surface area contributed by atoms with E-state index in [-0.39, 0.29) is 11.4 Å². The first kappa shape index (κ1) is 21.3. The van der Waals surface area contributed by atoms with Crippen molar-refractivity contribution in [2.75, 3.05) is 6.54 Å². The molecule has 4 heteroatoms. The van der Waals surface area contributed by atoms with E-state index in [0.29, 0.717) is 41.0 Å². The van der Waals surface area contributed by atoms with E-state index in [0.717, 1.165) is 35.0 Å². The highest BCUT2D eigenvalue weighted by Gasteiger charge is 2.49. The number of phenols is 1. The Morgan fingerprint density at radius 1 is 1.06 bits per heavy atom. The molecule has 2 heterocycles. The van der Waals surface area contributed by atoms with Crippen LogP contribution in [0.1, 0.15) is 62.3 Å². The zero-order valence-corrected chi connectivity index (χ0v) is 19.6. The highest BCUT2D eigenvalue weighted by atomic mass is 16.4. The third kappa shape index (κ3) is 3.75. The minimum absolute atomic E-state index is 0.210. The predicted molar refractivity (Wildman–Crippen MR) is 128 cm³/mol. The van der Waals surface area contributed by atoms with Gasteiger partial charge in [-0.05, 0) is 60.3 Å². The van der Waals surface area contributed by atoms with Crippen LogP contribution in [0.15, 0.2) is 51.7 Å². The number of likely N-dealkylation sites (tertiary alicyclic amines) is 1. The van der Waals surface area contributed by atoms with Gasteiger partial charge in [-0.3, -0.25) is 4.90 Å². The molecular weight excluding hydrogens is 398 g/mol. The minimum atomic E-state index is -0.307. The van der Waals surface area contributed by atoms with Crippen LogP contribution in [-0.4, -0.2) is 22.6 Å².